The number of halogens is 3. The summed E-state index contributed by atoms with van der Waals surface area (Å²) in [7, 11) is -3.52. The molecule has 0 aromatic rings. The van der Waals surface area contributed by atoms with Crippen LogP contribution in [0.15, 0.2) is 12.2 Å². The molecule has 0 aromatic carbocycles. The van der Waals surface area contributed by atoms with Crippen molar-refractivity contribution in [2.45, 2.75) is 32.5 Å². The second-order valence-electron chi connectivity index (χ2n) is 6.01. The van der Waals surface area contributed by atoms with Gasteiger partial charge in [-0.2, -0.15) is 13.2 Å². The van der Waals surface area contributed by atoms with Crippen molar-refractivity contribution in [3.8, 4) is 0 Å². The van der Waals surface area contributed by atoms with E-state index in [1.54, 1.807) is 6.92 Å². The van der Waals surface area contributed by atoms with Crippen LogP contribution < -0.4 is 10.0 Å². The van der Waals surface area contributed by atoms with Crippen LogP contribution in [0.2, 0.25) is 0 Å². The Hall–Kier alpha value is -2.48. The molecule has 3 N–H and O–H groups in total. The number of carbonyl (C=O) groups excluding carboxylic acids is 3. The first-order valence-electron chi connectivity index (χ1n) is 8.18. The molecule has 0 aliphatic carbocycles. The molecule has 0 radical (unpaired) electrons. The van der Waals surface area contributed by atoms with E-state index < -0.39 is 45.9 Å². The topological polar surface area (TPSA) is 150 Å². The summed E-state index contributed by atoms with van der Waals surface area (Å²) in [4.78, 5) is 44.7. The largest absolute Gasteiger partial charge is 0.490 e. The Labute approximate surface area is 165 Å². The average Bonchev–Trinajstić information content (AvgIpc) is 2.89. The van der Waals surface area contributed by atoms with Crippen molar-refractivity contribution >= 4 is 33.7 Å². The van der Waals surface area contributed by atoms with Gasteiger partial charge in [-0.3, -0.25) is 19.3 Å². The molecule has 29 heavy (non-hydrogen) atoms. The van der Waals surface area contributed by atoms with Gasteiger partial charge in [0, 0.05) is 25.2 Å². The van der Waals surface area contributed by atoms with Gasteiger partial charge in [-0.15, -0.1) is 0 Å². The summed E-state index contributed by atoms with van der Waals surface area (Å²) < 4.78 is 56.7. The summed E-state index contributed by atoms with van der Waals surface area (Å²) in [5, 5.41) is 9.67. The highest BCUT2D eigenvalue weighted by Gasteiger charge is 2.38. The Kier molecular flexibility index (Phi) is 9.97. The molecule has 0 saturated carbocycles. The Balaban J connectivity index is 0.000000956. The van der Waals surface area contributed by atoms with Crippen molar-refractivity contribution in [3.63, 3.8) is 0 Å². The van der Waals surface area contributed by atoms with E-state index in [2.05, 4.69) is 10.0 Å². The molecule has 0 fully saturated rings. The molecule has 166 valence electrons. The Morgan fingerprint density at radius 3 is 2.00 bits per heavy atom. The molecule has 1 aliphatic heterocycles. The molecule has 0 saturated heterocycles. The van der Waals surface area contributed by atoms with Gasteiger partial charge in [0.15, 0.2) is 0 Å². The highest BCUT2D eigenvalue weighted by atomic mass is 32.2. The molecule has 0 unspecified atom stereocenters. The number of carboxylic acid groups (broad SMARTS) is 1. The first kappa shape index (κ1) is 26.5. The molecular weight excluding hydrogens is 423 g/mol. The summed E-state index contributed by atoms with van der Waals surface area (Å²) >= 11 is 0. The fraction of sp³-hybridized carbons (Fsp3) is 0.600. The van der Waals surface area contributed by atoms with Crippen LogP contribution in [0.1, 0.15) is 20.3 Å². The van der Waals surface area contributed by atoms with Gasteiger partial charge >= 0.3 is 12.1 Å². The highest BCUT2D eigenvalue weighted by molar-refractivity contribution is 7.88. The fourth-order valence-electron chi connectivity index (χ4n) is 1.95. The summed E-state index contributed by atoms with van der Waals surface area (Å²) in [5.74, 6) is -4.27. The predicted octanol–water partition coefficient (Wildman–Crippen LogP) is -0.375. The van der Waals surface area contributed by atoms with Crippen molar-refractivity contribution in [2.24, 2.45) is 5.92 Å². The number of aliphatic carboxylic acids is 1. The van der Waals surface area contributed by atoms with Gasteiger partial charge < -0.3 is 10.4 Å². The third kappa shape index (κ3) is 10.0. The number of amides is 3. The van der Waals surface area contributed by atoms with E-state index in [4.69, 9.17) is 9.90 Å². The molecular formula is C15H22F3N3O7S. The van der Waals surface area contributed by atoms with Crippen LogP contribution in [0.3, 0.4) is 0 Å². The van der Waals surface area contributed by atoms with Gasteiger partial charge in [0.1, 0.15) is 6.04 Å². The van der Waals surface area contributed by atoms with Crippen molar-refractivity contribution < 1.29 is 45.9 Å². The number of alkyl halides is 3. The van der Waals surface area contributed by atoms with E-state index in [1.165, 1.54) is 0 Å². The second-order valence-corrected chi connectivity index (χ2v) is 7.79. The minimum atomic E-state index is -5.08. The van der Waals surface area contributed by atoms with Crippen molar-refractivity contribution in [1.82, 2.24) is 14.9 Å². The fourth-order valence-corrected chi connectivity index (χ4v) is 2.75. The highest BCUT2D eigenvalue weighted by Crippen LogP contribution is 2.13. The maximum atomic E-state index is 12.1. The van der Waals surface area contributed by atoms with Crippen LogP contribution in [-0.2, 0) is 29.2 Å². The number of nitrogens with zero attached hydrogens (tertiary/aromatic N) is 1. The Morgan fingerprint density at radius 2 is 1.66 bits per heavy atom. The molecule has 14 heteroatoms. The maximum absolute atomic E-state index is 12.1. The SMILES string of the molecule is CC[C@H](C)[C@H](NS(C)(=O)=O)C(=O)NCCN1C(=O)C=CC1=O.O=C(O)C(F)(F)F. The lowest BCUT2D eigenvalue weighted by Crippen LogP contribution is -2.51. The van der Waals surface area contributed by atoms with E-state index in [0.29, 0.717) is 6.42 Å². The van der Waals surface area contributed by atoms with E-state index in [0.717, 1.165) is 23.3 Å². The van der Waals surface area contributed by atoms with Crippen LogP contribution in [0.25, 0.3) is 0 Å². The third-order valence-electron chi connectivity index (χ3n) is 3.61. The van der Waals surface area contributed by atoms with Gasteiger partial charge in [-0.25, -0.2) is 17.9 Å². The number of sulfonamides is 1. The smallest absolute Gasteiger partial charge is 0.475 e. The van der Waals surface area contributed by atoms with Crippen LogP contribution in [0.5, 0.6) is 0 Å². The standard InChI is InChI=1S/C13H21N3O5S.C2HF3O2/c1-4-9(2)12(15-22(3,20)21)13(19)14-7-8-16-10(17)5-6-11(16)18;3-2(4,5)1(6)7/h5-6,9,12,15H,4,7-8H2,1-3H3,(H,14,19);(H,6,7)/t9-,12-;/m0./s1. The van der Waals surface area contributed by atoms with E-state index in [9.17, 15) is 36.0 Å². The van der Waals surface area contributed by atoms with E-state index in [-0.39, 0.29) is 19.0 Å². The van der Waals surface area contributed by atoms with Crippen LogP contribution >= 0.6 is 0 Å². The lowest BCUT2D eigenvalue weighted by atomic mass is 9.99. The number of hydrogen-bond donors (Lipinski definition) is 3. The molecule has 0 aromatic heterocycles. The van der Waals surface area contributed by atoms with Crippen molar-refractivity contribution in [2.75, 3.05) is 19.3 Å². The lowest BCUT2D eigenvalue weighted by molar-refractivity contribution is -0.192. The molecule has 1 aliphatic rings. The van der Waals surface area contributed by atoms with E-state index >= 15 is 0 Å². The third-order valence-corrected chi connectivity index (χ3v) is 4.30. The van der Waals surface area contributed by atoms with Crippen LogP contribution in [0.4, 0.5) is 13.2 Å². The van der Waals surface area contributed by atoms with Crippen molar-refractivity contribution in [1.29, 1.82) is 0 Å². The number of rotatable bonds is 8. The molecule has 0 bridgehead atoms. The van der Waals surface area contributed by atoms with E-state index in [1.807, 2.05) is 6.92 Å². The number of hydrogen-bond acceptors (Lipinski definition) is 6. The number of carbonyl (C=O) groups is 4. The Bertz CT molecular complexity index is 748. The molecule has 3 amide bonds. The molecule has 10 nitrogen and oxygen atoms in total. The van der Waals surface area contributed by atoms with Crippen LogP contribution in [-0.4, -0.2) is 73.7 Å². The number of imide groups is 1. The Morgan fingerprint density at radius 1 is 1.21 bits per heavy atom. The maximum Gasteiger partial charge on any atom is 0.490 e. The summed E-state index contributed by atoms with van der Waals surface area (Å²) in [6.45, 7) is 3.72. The summed E-state index contributed by atoms with van der Waals surface area (Å²) in [6.07, 6.45) is -1.15. The summed E-state index contributed by atoms with van der Waals surface area (Å²) in [5.41, 5.74) is 0. The van der Waals surface area contributed by atoms with Gasteiger partial charge in [0.2, 0.25) is 15.9 Å². The van der Waals surface area contributed by atoms with Gasteiger partial charge in [0.25, 0.3) is 11.8 Å². The molecule has 1 heterocycles. The normalized spacial score (nSPS) is 16.1. The first-order valence-corrected chi connectivity index (χ1v) is 10.1. The van der Waals surface area contributed by atoms with Crippen molar-refractivity contribution in [3.05, 3.63) is 12.2 Å². The first-order chi connectivity index (χ1) is 13.1. The zero-order valence-corrected chi connectivity index (χ0v) is 16.6. The molecule has 0 spiro atoms. The lowest BCUT2D eigenvalue weighted by Gasteiger charge is -2.23. The predicted molar refractivity (Wildman–Crippen MR) is 93.8 cm³/mol. The number of nitrogens with one attached hydrogen (secondary N) is 2. The summed E-state index contributed by atoms with van der Waals surface area (Å²) in [6, 6.07) is -0.886. The molecule has 1 rings (SSSR count). The number of carboxylic acids is 1. The second kappa shape index (κ2) is 10.9. The average molecular weight is 445 g/mol. The van der Waals surface area contributed by atoms with Gasteiger partial charge in [-0.05, 0) is 5.92 Å². The quantitative estimate of drug-likeness (QED) is 0.431. The minimum absolute atomic E-state index is 0.0442. The zero-order valence-electron chi connectivity index (χ0n) is 15.8. The monoisotopic (exact) mass is 445 g/mol. The van der Waals surface area contributed by atoms with Gasteiger partial charge in [0.05, 0.1) is 6.26 Å². The van der Waals surface area contributed by atoms with Crippen LogP contribution in [0, 0.1) is 5.92 Å². The molecule has 2 atom stereocenters. The van der Waals surface area contributed by atoms with Gasteiger partial charge in [-0.1, -0.05) is 20.3 Å². The minimum Gasteiger partial charge on any atom is -0.475 e. The zero-order chi connectivity index (χ0) is 23.0.